The van der Waals surface area contributed by atoms with Gasteiger partial charge >= 0.3 is 0 Å². The van der Waals surface area contributed by atoms with Crippen LogP contribution in [0.4, 0.5) is 0 Å². The lowest BCUT2D eigenvalue weighted by atomic mass is 10.1. The van der Waals surface area contributed by atoms with E-state index in [9.17, 15) is 5.11 Å². The predicted octanol–water partition coefficient (Wildman–Crippen LogP) is 3.88. The highest BCUT2D eigenvalue weighted by Crippen LogP contribution is 2.28. The number of rotatable bonds is 5. The van der Waals surface area contributed by atoms with Gasteiger partial charge in [0.05, 0.1) is 6.33 Å². The fourth-order valence-corrected chi connectivity index (χ4v) is 2.84. The molecule has 0 saturated carbocycles. The Morgan fingerprint density at radius 1 is 1.00 bits per heavy atom. The average Bonchev–Trinajstić information content (AvgIpc) is 3.28. The molecule has 2 aromatic carbocycles. The molecule has 4 rings (SSSR count). The summed E-state index contributed by atoms with van der Waals surface area (Å²) in [6.07, 6.45) is 6.18. The van der Waals surface area contributed by atoms with Gasteiger partial charge in [-0.2, -0.15) is 0 Å². The molecule has 0 unspecified atom stereocenters. The summed E-state index contributed by atoms with van der Waals surface area (Å²) < 4.78 is 7.48. The molecule has 124 valence electrons. The lowest BCUT2D eigenvalue weighted by molar-refractivity contribution is 0.391. The number of imidazole rings is 1. The van der Waals surface area contributed by atoms with Crippen LogP contribution in [0.1, 0.15) is 16.9 Å². The second-order valence-corrected chi connectivity index (χ2v) is 5.93. The third kappa shape index (κ3) is 3.45. The second kappa shape index (κ2) is 6.65. The summed E-state index contributed by atoms with van der Waals surface area (Å²) in [4.78, 5) is 4.07. The van der Waals surface area contributed by atoms with Gasteiger partial charge in [0.2, 0.25) is 0 Å². The average molecular weight is 331 g/mol. The molecule has 0 spiro atoms. The first-order valence-corrected chi connectivity index (χ1v) is 8.05. The summed E-state index contributed by atoms with van der Waals surface area (Å²) in [7, 11) is 0. The maximum atomic E-state index is 9.93. The van der Waals surface area contributed by atoms with Crippen LogP contribution in [0.2, 0.25) is 0 Å². The number of hydrogen-bond acceptors (Lipinski definition) is 4. The summed E-state index contributed by atoms with van der Waals surface area (Å²) in [5, 5.41) is 14.0. The normalized spacial score (nSPS) is 10.9. The van der Waals surface area contributed by atoms with E-state index in [0.717, 1.165) is 17.9 Å². The van der Waals surface area contributed by atoms with Gasteiger partial charge in [0, 0.05) is 37.0 Å². The van der Waals surface area contributed by atoms with E-state index in [1.165, 1.54) is 5.56 Å². The van der Waals surface area contributed by atoms with E-state index in [1.54, 1.807) is 18.3 Å². The largest absolute Gasteiger partial charge is 0.507 e. The first kappa shape index (κ1) is 15.2. The molecule has 5 heteroatoms. The number of hydrogen-bond donors (Lipinski definition) is 1. The molecule has 1 N–H and O–H groups in total. The highest BCUT2D eigenvalue weighted by atomic mass is 16.5. The quantitative estimate of drug-likeness (QED) is 0.603. The van der Waals surface area contributed by atoms with Crippen LogP contribution >= 0.6 is 0 Å². The number of benzene rings is 2. The molecule has 0 radical (unpaired) electrons. The van der Waals surface area contributed by atoms with Crippen LogP contribution < -0.4 is 0 Å². The molecule has 2 aromatic heterocycles. The number of phenols is 1. The Hall–Kier alpha value is -3.34. The summed E-state index contributed by atoms with van der Waals surface area (Å²) in [5.41, 5.74) is 3.67. The number of phenolic OH excluding ortho intramolecular Hbond substituents is 1. The second-order valence-electron chi connectivity index (χ2n) is 5.93. The Morgan fingerprint density at radius 3 is 2.72 bits per heavy atom. The van der Waals surface area contributed by atoms with Gasteiger partial charge in [-0.15, -0.1) is 0 Å². The molecule has 0 fully saturated rings. The van der Waals surface area contributed by atoms with E-state index in [0.29, 0.717) is 17.7 Å². The Kier molecular flexibility index (Phi) is 4.04. The molecule has 0 saturated heterocycles. The molecule has 0 aliphatic rings. The van der Waals surface area contributed by atoms with Crippen LogP contribution in [0.3, 0.4) is 0 Å². The Balaban J connectivity index is 1.52. The van der Waals surface area contributed by atoms with Gasteiger partial charge in [-0.25, -0.2) is 4.98 Å². The molecule has 0 atom stereocenters. The van der Waals surface area contributed by atoms with E-state index in [-0.39, 0.29) is 5.75 Å². The zero-order valence-electron chi connectivity index (χ0n) is 13.5. The first-order valence-electron chi connectivity index (χ1n) is 8.05. The summed E-state index contributed by atoms with van der Waals surface area (Å²) in [6, 6.07) is 17.3. The van der Waals surface area contributed by atoms with Crippen LogP contribution in [0.25, 0.3) is 11.3 Å². The van der Waals surface area contributed by atoms with E-state index in [2.05, 4.69) is 28.3 Å². The highest BCUT2D eigenvalue weighted by molar-refractivity contribution is 5.66. The van der Waals surface area contributed by atoms with E-state index in [4.69, 9.17) is 4.52 Å². The van der Waals surface area contributed by atoms with Crippen molar-refractivity contribution in [3.63, 3.8) is 0 Å². The lowest BCUT2D eigenvalue weighted by Crippen LogP contribution is -1.97. The molecule has 2 heterocycles. The van der Waals surface area contributed by atoms with Crippen molar-refractivity contribution in [3.05, 3.63) is 90.2 Å². The fraction of sp³-hybridized carbons (Fsp3) is 0.100. The topological polar surface area (TPSA) is 64.1 Å². The Labute approximate surface area is 145 Å². The number of para-hydroxylation sites is 1. The van der Waals surface area contributed by atoms with Crippen molar-refractivity contribution in [2.75, 3.05) is 0 Å². The minimum absolute atomic E-state index is 0.199. The fourth-order valence-electron chi connectivity index (χ4n) is 2.84. The van der Waals surface area contributed by atoms with Crippen molar-refractivity contribution < 1.29 is 9.63 Å². The predicted molar refractivity (Wildman–Crippen MR) is 94.2 cm³/mol. The van der Waals surface area contributed by atoms with Gasteiger partial charge in [-0.1, -0.05) is 41.6 Å². The summed E-state index contributed by atoms with van der Waals surface area (Å²) >= 11 is 0. The van der Waals surface area contributed by atoms with E-state index in [1.807, 2.05) is 41.4 Å². The Bertz CT molecular complexity index is 974. The van der Waals surface area contributed by atoms with Crippen molar-refractivity contribution >= 4 is 0 Å². The molecule has 25 heavy (non-hydrogen) atoms. The lowest BCUT2D eigenvalue weighted by Gasteiger charge is -2.05. The number of nitrogens with zero attached hydrogens (tertiary/aromatic N) is 3. The van der Waals surface area contributed by atoms with E-state index < -0.39 is 0 Å². The molecule has 0 bridgehead atoms. The highest BCUT2D eigenvalue weighted by Gasteiger charge is 2.10. The van der Waals surface area contributed by atoms with Crippen molar-refractivity contribution in [1.29, 1.82) is 0 Å². The van der Waals surface area contributed by atoms with Gasteiger partial charge < -0.3 is 14.2 Å². The molecule has 0 aliphatic heterocycles. The summed E-state index contributed by atoms with van der Waals surface area (Å²) in [5.74, 6) is 0.961. The first-order chi connectivity index (χ1) is 12.3. The van der Waals surface area contributed by atoms with Gasteiger partial charge in [0.25, 0.3) is 0 Å². The SMILES string of the molecule is Oc1ccccc1-c1cc(Cc2cccc(Cn3ccnc3)c2)on1. The standard InChI is InChI=1S/C20H17N3O2/c24-20-7-2-1-6-18(20)19-12-17(25-22-19)11-15-4-3-5-16(10-15)13-23-9-8-21-14-23/h1-10,12,14,24H,11,13H2. The minimum atomic E-state index is 0.199. The maximum absolute atomic E-state index is 9.93. The van der Waals surface area contributed by atoms with Crippen LogP contribution in [0.5, 0.6) is 5.75 Å². The van der Waals surface area contributed by atoms with Crippen molar-refractivity contribution in [3.8, 4) is 17.0 Å². The molecule has 0 aliphatic carbocycles. The maximum Gasteiger partial charge on any atom is 0.141 e. The van der Waals surface area contributed by atoms with Gasteiger partial charge in [0.15, 0.2) is 0 Å². The molecule has 4 aromatic rings. The third-order valence-electron chi connectivity index (χ3n) is 4.03. The smallest absolute Gasteiger partial charge is 0.141 e. The van der Waals surface area contributed by atoms with Crippen molar-refractivity contribution in [2.45, 2.75) is 13.0 Å². The monoisotopic (exact) mass is 331 g/mol. The van der Waals surface area contributed by atoms with Crippen LogP contribution in [0.15, 0.2) is 77.8 Å². The molecule has 0 amide bonds. The van der Waals surface area contributed by atoms with Gasteiger partial charge in [-0.3, -0.25) is 0 Å². The molecular weight excluding hydrogens is 314 g/mol. The third-order valence-corrected chi connectivity index (χ3v) is 4.03. The van der Waals surface area contributed by atoms with Crippen molar-refractivity contribution in [1.82, 2.24) is 14.7 Å². The number of aromatic nitrogens is 3. The zero-order chi connectivity index (χ0) is 17.1. The zero-order valence-corrected chi connectivity index (χ0v) is 13.5. The number of aromatic hydroxyl groups is 1. The van der Waals surface area contributed by atoms with Gasteiger partial charge in [-0.05, 0) is 23.3 Å². The molecular formula is C20H17N3O2. The molecule has 5 nitrogen and oxygen atoms in total. The van der Waals surface area contributed by atoms with Gasteiger partial charge in [0.1, 0.15) is 17.2 Å². The minimum Gasteiger partial charge on any atom is -0.507 e. The van der Waals surface area contributed by atoms with Crippen LogP contribution in [-0.4, -0.2) is 19.8 Å². The van der Waals surface area contributed by atoms with Crippen molar-refractivity contribution in [2.24, 2.45) is 0 Å². The van der Waals surface area contributed by atoms with E-state index >= 15 is 0 Å². The Morgan fingerprint density at radius 2 is 1.88 bits per heavy atom. The summed E-state index contributed by atoms with van der Waals surface area (Å²) in [6.45, 7) is 0.785. The van der Waals surface area contributed by atoms with Crippen LogP contribution in [0, 0.1) is 0 Å². The van der Waals surface area contributed by atoms with Crippen LogP contribution in [-0.2, 0) is 13.0 Å².